The van der Waals surface area contributed by atoms with E-state index in [1.165, 1.54) is 0 Å². The van der Waals surface area contributed by atoms with Crippen molar-refractivity contribution in [2.75, 3.05) is 12.3 Å². The molecule has 0 aliphatic rings. The van der Waals surface area contributed by atoms with Crippen LogP contribution < -0.4 is 10.5 Å². The van der Waals surface area contributed by atoms with Gasteiger partial charge in [-0.1, -0.05) is 17.3 Å². The van der Waals surface area contributed by atoms with E-state index in [4.69, 9.17) is 15.0 Å². The molecule has 0 unspecified atom stereocenters. The summed E-state index contributed by atoms with van der Waals surface area (Å²) in [6.07, 6.45) is 1.85. The summed E-state index contributed by atoms with van der Waals surface area (Å²) in [7, 11) is 1.85. The van der Waals surface area contributed by atoms with Gasteiger partial charge in [0.1, 0.15) is 17.1 Å². The Balaban J connectivity index is 2.04. The lowest BCUT2D eigenvalue weighted by Crippen LogP contribution is -1.92. The molecule has 0 fully saturated rings. The van der Waals surface area contributed by atoms with E-state index in [9.17, 15) is 0 Å². The molecule has 3 aromatic rings. The molecule has 1 aromatic carbocycles. The third-order valence-electron chi connectivity index (χ3n) is 3.13. The monoisotopic (exact) mass is 284 g/mol. The number of hydrogen-bond donors (Lipinski definition) is 1. The number of benzene rings is 1. The van der Waals surface area contributed by atoms with Gasteiger partial charge in [-0.15, -0.1) is 0 Å². The number of ether oxygens (including phenoxy) is 1. The molecular formula is C15H16N4O2. The topological polar surface area (TPSA) is 79.1 Å². The van der Waals surface area contributed by atoms with Crippen LogP contribution in [0.1, 0.15) is 6.92 Å². The summed E-state index contributed by atoms with van der Waals surface area (Å²) in [5.41, 5.74) is 8.94. The summed E-state index contributed by atoms with van der Waals surface area (Å²) < 4.78 is 12.3. The van der Waals surface area contributed by atoms with E-state index in [1.54, 1.807) is 4.68 Å². The van der Waals surface area contributed by atoms with E-state index in [1.807, 2.05) is 50.5 Å². The maximum absolute atomic E-state index is 5.92. The van der Waals surface area contributed by atoms with E-state index in [0.717, 1.165) is 22.6 Å². The van der Waals surface area contributed by atoms with Gasteiger partial charge in [0, 0.05) is 13.2 Å². The normalized spacial score (nSPS) is 10.8. The van der Waals surface area contributed by atoms with Crippen molar-refractivity contribution in [2.24, 2.45) is 7.05 Å². The molecule has 6 heteroatoms. The van der Waals surface area contributed by atoms with E-state index >= 15 is 0 Å². The van der Waals surface area contributed by atoms with Gasteiger partial charge in [0.15, 0.2) is 0 Å². The van der Waals surface area contributed by atoms with Crippen LogP contribution in [-0.4, -0.2) is 21.5 Å². The number of anilines is 1. The zero-order valence-corrected chi connectivity index (χ0v) is 11.9. The first-order chi connectivity index (χ1) is 10.2. The Hall–Kier alpha value is -2.76. The molecule has 2 aromatic heterocycles. The van der Waals surface area contributed by atoms with Crippen LogP contribution in [0, 0.1) is 0 Å². The fourth-order valence-corrected chi connectivity index (χ4v) is 2.18. The van der Waals surface area contributed by atoms with E-state index in [-0.39, 0.29) is 5.88 Å². The largest absolute Gasteiger partial charge is 0.494 e. The number of nitrogens with zero attached hydrogens (tertiary/aromatic N) is 3. The van der Waals surface area contributed by atoms with Crippen LogP contribution in [0.2, 0.25) is 0 Å². The lowest BCUT2D eigenvalue weighted by Gasteiger charge is -2.05. The molecule has 0 amide bonds. The minimum absolute atomic E-state index is 0.278. The smallest absolute Gasteiger partial charge is 0.230 e. The summed E-state index contributed by atoms with van der Waals surface area (Å²) in [6.45, 7) is 2.58. The molecule has 0 aliphatic carbocycles. The average molecular weight is 284 g/mol. The first-order valence-corrected chi connectivity index (χ1v) is 6.67. The second-order valence-electron chi connectivity index (χ2n) is 4.60. The summed E-state index contributed by atoms with van der Waals surface area (Å²) in [6, 6.07) is 9.52. The molecule has 6 nitrogen and oxygen atoms in total. The first kappa shape index (κ1) is 13.2. The molecule has 0 saturated carbocycles. The van der Waals surface area contributed by atoms with E-state index in [0.29, 0.717) is 12.3 Å². The van der Waals surface area contributed by atoms with Crippen LogP contribution in [0.15, 0.2) is 41.1 Å². The minimum Gasteiger partial charge on any atom is -0.494 e. The molecule has 108 valence electrons. The molecule has 0 saturated heterocycles. The number of aryl methyl sites for hydroxylation is 1. The molecule has 0 radical (unpaired) electrons. The van der Waals surface area contributed by atoms with Crippen LogP contribution in [0.3, 0.4) is 0 Å². The number of aromatic nitrogens is 3. The Morgan fingerprint density at radius 2 is 2.00 bits per heavy atom. The zero-order valence-electron chi connectivity index (χ0n) is 11.9. The molecule has 3 rings (SSSR count). The van der Waals surface area contributed by atoms with Gasteiger partial charge in [-0.2, -0.15) is 5.10 Å². The maximum atomic E-state index is 5.92. The Morgan fingerprint density at radius 1 is 1.24 bits per heavy atom. The lowest BCUT2D eigenvalue weighted by molar-refractivity contribution is 0.340. The molecule has 21 heavy (non-hydrogen) atoms. The van der Waals surface area contributed by atoms with E-state index < -0.39 is 0 Å². The second-order valence-corrected chi connectivity index (χ2v) is 4.60. The van der Waals surface area contributed by atoms with Gasteiger partial charge >= 0.3 is 0 Å². The van der Waals surface area contributed by atoms with Crippen molar-refractivity contribution in [3.8, 4) is 28.3 Å². The van der Waals surface area contributed by atoms with Gasteiger partial charge in [0.2, 0.25) is 5.88 Å². The van der Waals surface area contributed by atoms with Crippen molar-refractivity contribution < 1.29 is 9.26 Å². The Bertz CT molecular complexity index is 743. The molecule has 2 N–H and O–H groups in total. The Morgan fingerprint density at radius 3 is 2.62 bits per heavy atom. The number of hydrogen-bond acceptors (Lipinski definition) is 5. The van der Waals surface area contributed by atoms with Gasteiger partial charge in [-0.25, -0.2) is 0 Å². The van der Waals surface area contributed by atoms with Crippen LogP contribution >= 0.6 is 0 Å². The number of rotatable bonds is 4. The van der Waals surface area contributed by atoms with Crippen molar-refractivity contribution in [1.82, 2.24) is 14.9 Å². The van der Waals surface area contributed by atoms with Crippen molar-refractivity contribution in [1.29, 1.82) is 0 Å². The predicted octanol–water partition coefficient (Wildman–Crippen LogP) is 2.72. The van der Waals surface area contributed by atoms with Gasteiger partial charge in [0.05, 0.1) is 12.2 Å². The van der Waals surface area contributed by atoms with Crippen LogP contribution in [0.5, 0.6) is 5.75 Å². The average Bonchev–Trinajstić information content (AvgIpc) is 3.06. The van der Waals surface area contributed by atoms with Crippen LogP contribution in [0.4, 0.5) is 5.88 Å². The highest BCUT2D eigenvalue weighted by atomic mass is 16.5. The third kappa shape index (κ3) is 2.47. The molecule has 0 aliphatic heterocycles. The fourth-order valence-electron chi connectivity index (χ4n) is 2.18. The fraction of sp³-hybridized carbons (Fsp3) is 0.200. The Labute approximate surface area is 122 Å². The molecule has 2 heterocycles. The lowest BCUT2D eigenvalue weighted by atomic mass is 10.0. The van der Waals surface area contributed by atoms with Gasteiger partial charge in [0.25, 0.3) is 0 Å². The summed E-state index contributed by atoms with van der Waals surface area (Å²) in [5, 5.41) is 8.37. The summed E-state index contributed by atoms with van der Waals surface area (Å²) in [5.74, 6) is 1.09. The first-order valence-electron chi connectivity index (χ1n) is 6.67. The predicted molar refractivity (Wildman–Crippen MR) is 79.7 cm³/mol. The quantitative estimate of drug-likeness (QED) is 0.796. The second kappa shape index (κ2) is 5.32. The highest BCUT2D eigenvalue weighted by Crippen LogP contribution is 2.35. The van der Waals surface area contributed by atoms with Crippen molar-refractivity contribution in [3.63, 3.8) is 0 Å². The van der Waals surface area contributed by atoms with Gasteiger partial charge in [-0.3, -0.25) is 4.68 Å². The number of nitrogens with two attached hydrogens (primary N) is 1. The van der Waals surface area contributed by atoms with Gasteiger partial charge in [-0.05, 0) is 30.7 Å². The summed E-state index contributed by atoms with van der Waals surface area (Å²) in [4.78, 5) is 0. The Kier molecular flexibility index (Phi) is 3.35. The maximum Gasteiger partial charge on any atom is 0.230 e. The molecule has 0 atom stereocenters. The standard InChI is InChI=1S/C15H16N4O2/c1-3-20-11-6-4-10(5-7-11)13-14(18-21-15(13)16)12-8-9-19(2)17-12/h4-9H,3,16H2,1-2H3. The highest BCUT2D eigenvalue weighted by molar-refractivity contribution is 5.85. The molecule has 0 bridgehead atoms. The summed E-state index contributed by atoms with van der Waals surface area (Å²) >= 11 is 0. The van der Waals surface area contributed by atoms with Crippen molar-refractivity contribution in [3.05, 3.63) is 36.5 Å². The highest BCUT2D eigenvalue weighted by Gasteiger charge is 2.19. The SMILES string of the molecule is CCOc1ccc(-c2c(-c3ccn(C)n3)noc2N)cc1. The van der Waals surface area contributed by atoms with Crippen LogP contribution in [-0.2, 0) is 7.05 Å². The zero-order chi connectivity index (χ0) is 14.8. The minimum atomic E-state index is 0.278. The van der Waals surface area contributed by atoms with Crippen molar-refractivity contribution in [2.45, 2.75) is 6.92 Å². The van der Waals surface area contributed by atoms with E-state index in [2.05, 4.69) is 10.3 Å². The third-order valence-corrected chi connectivity index (χ3v) is 3.13. The van der Waals surface area contributed by atoms with Crippen LogP contribution in [0.25, 0.3) is 22.5 Å². The molecular weight excluding hydrogens is 268 g/mol. The van der Waals surface area contributed by atoms with Gasteiger partial charge < -0.3 is 15.0 Å². The number of nitrogen functional groups attached to an aromatic ring is 1. The molecule has 0 spiro atoms. The van der Waals surface area contributed by atoms with Crippen molar-refractivity contribution >= 4 is 5.88 Å².